The van der Waals surface area contributed by atoms with Gasteiger partial charge < -0.3 is 14.5 Å². The summed E-state index contributed by atoms with van der Waals surface area (Å²) in [7, 11) is 0.152. The molecule has 136 valence electrons. The Labute approximate surface area is 158 Å². The highest BCUT2D eigenvalue weighted by molar-refractivity contribution is 7.67. The first kappa shape index (κ1) is 20.3. The lowest BCUT2D eigenvalue weighted by atomic mass is 10.2. The first-order valence-corrected chi connectivity index (χ1v) is 10.3. The summed E-state index contributed by atoms with van der Waals surface area (Å²) in [6.45, 7) is 3.53. The largest absolute Gasteiger partial charge is 0.378 e. The summed E-state index contributed by atoms with van der Waals surface area (Å²) >= 11 is 12.4. The van der Waals surface area contributed by atoms with Crippen LogP contribution in [0.25, 0.3) is 0 Å². The highest BCUT2D eigenvalue weighted by atomic mass is 35.5. The van der Waals surface area contributed by atoms with Gasteiger partial charge in [-0.2, -0.15) is 0 Å². The summed E-state index contributed by atoms with van der Waals surface area (Å²) in [6, 6.07) is 11.9. The molecule has 0 aliphatic carbocycles. The Morgan fingerprint density at radius 1 is 1.04 bits per heavy atom. The van der Waals surface area contributed by atoms with Crippen LogP contribution in [0.5, 0.6) is 0 Å². The second-order valence-corrected chi connectivity index (χ2v) is 9.40. The number of aliphatic hydroxyl groups excluding tert-OH is 1. The zero-order valence-corrected chi connectivity index (χ0v) is 17.0. The Morgan fingerprint density at radius 3 is 2.00 bits per heavy atom. The van der Waals surface area contributed by atoms with Crippen LogP contribution in [0.3, 0.4) is 0 Å². The molecule has 0 fully saturated rings. The third-order valence-corrected chi connectivity index (χ3v) is 6.99. The van der Waals surface area contributed by atoms with E-state index in [1.165, 1.54) is 0 Å². The van der Waals surface area contributed by atoms with Crippen LogP contribution in [-0.2, 0) is 9.09 Å². The molecule has 0 aliphatic rings. The number of anilines is 1. The van der Waals surface area contributed by atoms with Gasteiger partial charge in [-0.25, -0.2) is 0 Å². The van der Waals surface area contributed by atoms with Crippen LogP contribution in [-0.4, -0.2) is 25.3 Å². The molecule has 0 aromatic heterocycles. The van der Waals surface area contributed by atoms with Crippen molar-refractivity contribution < 1.29 is 14.2 Å². The third-order valence-electron chi connectivity index (χ3n) is 3.67. The molecule has 0 radical (unpaired) electrons. The van der Waals surface area contributed by atoms with Gasteiger partial charge >= 0.3 is 0 Å². The van der Waals surface area contributed by atoms with E-state index in [9.17, 15) is 9.67 Å². The smallest absolute Gasteiger partial charge is 0.264 e. The molecular weight excluding hydrogens is 380 g/mol. The molecule has 0 saturated heterocycles. The van der Waals surface area contributed by atoms with Crippen molar-refractivity contribution in [1.82, 2.24) is 0 Å². The van der Waals surface area contributed by atoms with Gasteiger partial charge in [0.05, 0.1) is 6.10 Å². The topological polar surface area (TPSA) is 49.8 Å². The maximum absolute atomic E-state index is 13.7. The number of benzene rings is 2. The number of halogens is 2. The molecule has 7 heteroatoms. The maximum atomic E-state index is 13.7. The Kier molecular flexibility index (Phi) is 6.58. The Morgan fingerprint density at radius 2 is 1.56 bits per heavy atom. The Hall–Kier alpha value is -1.03. The van der Waals surface area contributed by atoms with E-state index >= 15 is 0 Å². The SMILES string of the molecule is CC(C)O[P@](=O)(c1ccc(N(C)C)cc1)[C@@H](O)c1c(Cl)cccc1Cl. The lowest BCUT2D eigenvalue weighted by Gasteiger charge is -2.27. The number of rotatable bonds is 6. The van der Waals surface area contributed by atoms with Crippen molar-refractivity contribution >= 4 is 41.6 Å². The van der Waals surface area contributed by atoms with Gasteiger partial charge in [-0.3, -0.25) is 4.57 Å². The van der Waals surface area contributed by atoms with Gasteiger partial charge in [0.2, 0.25) is 0 Å². The molecule has 4 nitrogen and oxygen atoms in total. The average molecular weight is 402 g/mol. The molecule has 2 aromatic carbocycles. The molecule has 2 atom stereocenters. The van der Waals surface area contributed by atoms with Crippen molar-refractivity contribution in [2.24, 2.45) is 0 Å². The zero-order valence-electron chi connectivity index (χ0n) is 14.6. The zero-order chi connectivity index (χ0) is 18.8. The number of aliphatic hydroxyl groups is 1. The van der Waals surface area contributed by atoms with Gasteiger partial charge in [-0.05, 0) is 50.2 Å². The minimum absolute atomic E-state index is 0.214. The normalized spacial score (nSPS) is 15.0. The maximum Gasteiger partial charge on any atom is 0.264 e. The molecule has 0 spiro atoms. The molecule has 2 aromatic rings. The second kappa shape index (κ2) is 8.11. The fraction of sp³-hybridized carbons (Fsp3) is 0.333. The van der Waals surface area contributed by atoms with Gasteiger partial charge in [0.1, 0.15) is 0 Å². The number of nitrogens with zero attached hydrogens (tertiary/aromatic N) is 1. The van der Waals surface area contributed by atoms with Crippen LogP contribution in [0, 0.1) is 0 Å². The van der Waals surface area contributed by atoms with E-state index in [4.69, 9.17) is 27.7 Å². The second-order valence-electron chi connectivity index (χ2n) is 6.17. The van der Waals surface area contributed by atoms with Crippen molar-refractivity contribution in [3.63, 3.8) is 0 Å². The molecule has 0 amide bonds. The summed E-state index contributed by atoms with van der Waals surface area (Å²) in [4.78, 5) is 1.93. The van der Waals surface area contributed by atoms with Gasteiger partial charge in [0.15, 0.2) is 5.85 Å². The molecule has 0 heterocycles. The summed E-state index contributed by atoms with van der Waals surface area (Å²) < 4.78 is 19.4. The van der Waals surface area contributed by atoms with Crippen LogP contribution in [0.1, 0.15) is 25.3 Å². The van der Waals surface area contributed by atoms with Crippen LogP contribution in [0.4, 0.5) is 5.69 Å². The first-order valence-electron chi connectivity index (χ1n) is 7.85. The van der Waals surface area contributed by atoms with Crippen LogP contribution in [0.2, 0.25) is 10.0 Å². The van der Waals surface area contributed by atoms with Gasteiger partial charge in [-0.15, -0.1) is 0 Å². The number of hydrogen-bond donors (Lipinski definition) is 1. The van der Waals surface area contributed by atoms with Crippen LogP contribution >= 0.6 is 30.6 Å². The highest BCUT2D eigenvalue weighted by Crippen LogP contribution is 2.60. The minimum Gasteiger partial charge on any atom is -0.378 e. The van der Waals surface area contributed by atoms with Crippen molar-refractivity contribution in [3.05, 3.63) is 58.1 Å². The summed E-state index contributed by atoms with van der Waals surface area (Å²) in [5.41, 5.74) is 1.16. The Bertz CT molecular complexity index is 758. The fourth-order valence-electron chi connectivity index (χ4n) is 2.46. The predicted molar refractivity (Wildman–Crippen MR) is 106 cm³/mol. The van der Waals surface area contributed by atoms with E-state index in [-0.39, 0.29) is 21.7 Å². The van der Waals surface area contributed by atoms with Crippen molar-refractivity contribution in [3.8, 4) is 0 Å². The average Bonchev–Trinajstić information content (AvgIpc) is 2.53. The predicted octanol–water partition coefficient (Wildman–Crippen LogP) is 5.08. The van der Waals surface area contributed by atoms with Gasteiger partial charge in [-0.1, -0.05) is 29.3 Å². The van der Waals surface area contributed by atoms with Crippen molar-refractivity contribution in [2.75, 3.05) is 19.0 Å². The molecule has 2 rings (SSSR count). The van der Waals surface area contributed by atoms with E-state index in [2.05, 4.69) is 0 Å². The quantitative estimate of drug-likeness (QED) is 0.685. The van der Waals surface area contributed by atoms with Crippen LogP contribution < -0.4 is 10.2 Å². The standard InChI is InChI=1S/C18H22Cl2NO3P/c1-12(2)24-25(23,14-10-8-13(9-11-14)21(3)4)18(22)17-15(19)6-5-7-16(17)20/h5-12,18,22H,1-4H3/t18-,25-/m1/s1. The van der Waals surface area contributed by atoms with E-state index in [0.717, 1.165) is 5.69 Å². The molecule has 25 heavy (non-hydrogen) atoms. The number of hydrogen-bond acceptors (Lipinski definition) is 4. The third kappa shape index (κ3) is 4.39. The molecule has 0 bridgehead atoms. The monoisotopic (exact) mass is 401 g/mol. The molecular formula is C18H22Cl2NO3P. The Balaban J connectivity index is 2.55. The molecule has 1 N–H and O–H groups in total. The molecule has 0 saturated carbocycles. The first-order chi connectivity index (χ1) is 11.7. The van der Waals surface area contributed by atoms with E-state index < -0.39 is 13.2 Å². The summed E-state index contributed by atoms with van der Waals surface area (Å²) in [5.74, 6) is -1.46. The molecule has 0 unspecified atom stereocenters. The highest BCUT2D eigenvalue weighted by Gasteiger charge is 2.39. The van der Waals surface area contributed by atoms with Gasteiger partial charge in [0, 0.05) is 40.7 Å². The van der Waals surface area contributed by atoms with Crippen molar-refractivity contribution in [1.29, 1.82) is 0 Å². The summed E-state index contributed by atoms with van der Waals surface area (Å²) in [6.07, 6.45) is -0.352. The lowest BCUT2D eigenvalue weighted by molar-refractivity contribution is 0.189. The van der Waals surface area contributed by atoms with Crippen molar-refractivity contribution in [2.45, 2.75) is 25.8 Å². The molecule has 0 aliphatic heterocycles. The van der Waals surface area contributed by atoms with E-state index in [1.54, 1.807) is 44.2 Å². The summed E-state index contributed by atoms with van der Waals surface area (Å²) in [5, 5.41) is 11.8. The fourth-order valence-corrected chi connectivity index (χ4v) is 5.54. The van der Waals surface area contributed by atoms with Crippen LogP contribution in [0.15, 0.2) is 42.5 Å². The lowest BCUT2D eigenvalue weighted by Crippen LogP contribution is -2.18. The van der Waals surface area contributed by atoms with Gasteiger partial charge in [0.25, 0.3) is 7.37 Å². The minimum atomic E-state index is -3.68. The van der Waals surface area contributed by atoms with E-state index in [0.29, 0.717) is 5.30 Å². The van der Waals surface area contributed by atoms with E-state index in [1.807, 2.05) is 31.1 Å².